The summed E-state index contributed by atoms with van der Waals surface area (Å²) in [4.78, 5) is 6.13. The normalized spacial score (nSPS) is 12.7. The van der Waals surface area contributed by atoms with Gasteiger partial charge in [0.2, 0.25) is 0 Å². The van der Waals surface area contributed by atoms with Gasteiger partial charge in [-0.25, -0.2) is 0 Å². The molecule has 1 atom stereocenters. The molecule has 2 aromatic carbocycles. The van der Waals surface area contributed by atoms with Crippen molar-refractivity contribution in [1.29, 1.82) is 0 Å². The van der Waals surface area contributed by atoms with Gasteiger partial charge in [0.05, 0.1) is 0 Å². The van der Waals surface area contributed by atoms with Crippen LogP contribution in [0.25, 0.3) is 10.9 Å². The first-order valence-corrected chi connectivity index (χ1v) is 11.1. The highest BCUT2D eigenvalue weighted by atomic mass is 15.1. The summed E-state index contributed by atoms with van der Waals surface area (Å²) in [5, 5.41) is 1.39. The zero-order chi connectivity index (χ0) is 19.6. The Labute approximate surface area is 171 Å². The number of aromatic nitrogens is 1. The summed E-state index contributed by atoms with van der Waals surface area (Å²) < 4.78 is 0. The number of fused-ring (bicyclic) bond motifs is 1. The lowest BCUT2D eigenvalue weighted by molar-refractivity contribution is 0.214. The van der Waals surface area contributed by atoms with Gasteiger partial charge in [0.15, 0.2) is 0 Å². The van der Waals surface area contributed by atoms with Gasteiger partial charge in [0.25, 0.3) is 0 Å². The van der Waals surface area contributed by atoms with Gasteiger partial charge < -0.3 is 4.98 Å². The zero-order valence-corrected chi connectivity index (χ0v) is 17.7. The first kappa shape index (κ1) is 20.7. The van der Waals surface area contributed by atoms with Crippen LogP contribution in [0.4, 0.5) is 0 Å². The van der Waals surface area contributed by atoms with E-state index in [0.29, 0.717) is 5.92 Å². The molecule has 0 saturated carbocycles. The largest absolute Gasteiger partial charge is 0.361 e. The second-order valence-electron chi connectivity index (χ2n) is 8.12. The molecule has 1 heterocycles. The van der Waals surface area contributed by atoms with E-state index < -0.39 is 0 Å². The van der Waals surface area contributed by atoms with Crippen LogP contribution in [0.5, 0.6) is 0 Å². The number of hydrogen-bond donors (Lipinski definition) is 1. The van der Waals surface area contributed by atoms with E-state index in [1.807, 2.05) is 0 Å². The summed E-state index contributed by atoms with van der Waals surface area (Å²) in [6.07, 6.45) is 9.91. The highest BCUT2D eigenvalue weighted by Crippen LogP contribution is 2.23. The third kappa shape index (κ3) is 5.97. The van der Waals surface area contributed by atoms with Crippen molar-refractivity contribution in [3.8, 4) is 0 Å². The van der Waals surface area contributed by atoms with Crippen molar-refractivity contribution < 1.29 is 0 Å². The molecule has 0 bridgehead atoms. The Balaban J connectivity index is 1.65. The van der Waals surface area contributed by atoms with Gasteiger partial charge in [-0.3, -0.25) is 4.90 Å². The summed E-state index contributed by atoms with van der Waals surface area (Å²) in [5.41, 5.74) is 4.15. The fraction of sp³-hybridized carbons (Fsp3) is 0.462. The summed E-state index contributed by atoms with van der Waals surface area (Å²) >= 11 is 0. The number of nitrogens with zero attached hydrogens (tertiary/aromatic N) is 1. The highest BCUT2D eigenvalue weighted by Gasteiger charge is 2.16. The van der Waals surface area contributed by atoms with Crippen LogP contribution in [0.15, 0.2) is 60.8 Å². The molecule has 0 amide bonds. The maximum Gasteiger partial charge on any atom is 0.0456 e. The number of hydrogen-bond acceptors (Lipinski definition) is 1. The van der Waals surface area contributed by atoms with Gasteiger partial charge in [-0.1, -0.05) is 88.1 Å². The lowest BCUT2D eigenvalue weighted by Gasteiger charge is -2.27. The molecule has 3 aromatic rings. The van der Waals surface area contributed by atoms with E-state index >= 15 is 0 Å². The number of H-pyrrole nitrogens is 1. The Morgan fingerprint density at radius 1 is 0.893 bits per heavy atom. The number of nitrogens with one attached hydrogen (secondary N) is 1. The molecule has 1 unspecified atom stereocenters. The van der Waals surface area contributed by atoms with Crippen LogP contribution < -0.4 is 0 Å². The van der Waals surface area contributed by atoms with Crippen LogP contribution in [0, 0.1) is 5.92 Å². The molecule has 1 N–H and O–H groups in total. The Bertz CT molecular complexity index is 805. The number of unbranched alkanes of at least 4 members (excludes halogenated alkanes) is 3. The van der Waals surface area contributed by atoms with Crippen LogP contribution in [0.2, 0.25) is 0 Å². The zero-order valence-electron chi connectivity index (χ0n) is 17.7. The Hall–Kier alpha value is -2.06. The number of benzene rings is 2. The van der Waals surface area contributed by atoms with E-state index in [0.717, 1.165) is 13.0 Å². The molecule has 0 aliphatic heterocycles. The predicted octanol–water partition coefficient (Wildman–Crippen LogP) is 6.82. The molecule has 3 rings (SSSR count). The van der Waals surface area contributed by atoms with Gasteiger partial charge in [-0.2, -0.15) is 0 Å². The molecule has 28 heavy (non-hydrogen) atoms. The average Bonchev–Trinajstić information content (AvgIpc) is 3.14. The summed E-state index contributed by atoms with van der Waals surface area (Å²) in [5.74, 6) is 0.689. The third-order valence-electron chi connectivity index (χ3n) is 5.85. The van der Waals surface area contributed by atoms with Gasteiger partial charge in [-0.05, 0) is 42.5 Å². The van der Waals surface area contributed by atoms with Crippen molar-refractivity contribution in [2.45, 2.75) is 58.9 Å². The minimum absolute atomic E-state index is 0.689. The molecule has 2 nitrogen and oxygen atoms in total. The Morgan fingerprint density at radius 3 is 2.46 bits per heavy atom. The maximum atomic E-state index is 3.45. The standard InChI is InChI=1S/C26H36N2/c1-3-5-6-12-17-28(21-23-13-8-7-9-14-23)20-22(4-2)18-24-19-27-26-16-11-10-15-25(24)26/h7-11,13-16,19,22,27H,3-6,12,17-18,20-21H2,1-2H3. The molecule has 0 fully saturated rings. The van der Waals surface area contributed by atoms with E-state index in [-0.39, 0.29) is 0 Å². The molecular weight excluding hydrogens is 340 g/mol. The average molecular weight is 377 g/mol. The minimum Gasteiger partial charge on any atom is -0.361 e. The smallest absolute Gasteiger partial charge is 0.0456 e. The summed E-state index contributed by atoms with van der Waals surface area (Å²) in [6.45, 7) is 8.08. The van der Waals surface area contributed by atoms with Crippen molar-refractivity contribution in [2.75, 3.05) is 13.1 Å². The minimum atomic E-state index is 0.689. The third-order valence-corrected chi connectivity index (χ3v) is 5.85. The Morgan fingerprint density at radius 2 is 1.68 bits per heavy atom. The molecule has 0 aliphatic carbocycles. The fourth-order valence-corrected chi connectivity index (χ4v) is 4.15. The topological polar surface area (TPSA) is 19.0 Å². The molecular formula is C26H36N2. The molecule has 1 aromatic heterocycles. The van der Waals surface area contributed by atoms with Crippen LogP contribution in [-0.2, 0) is 13.0 Å². The first-order chi connectivity index (χ1) is 13.8. The van der Waals surface area contributed by atoms with Crippen molar-refractivity contribution in [3.05, 3.63) is 71.9 Å². The van der Waals surface area contributed by atoms with Gasteiger partial charge >= 0.3 is 0 Å². The van der Waals surface area contributed by atoms with Gasteiger partial charge in [-0.15, -0.1) is 0 Å². The fourth-order valence-electron chi connectivity index (χ4n) is 4.15. The van der Waals surface area contributed by atoms with Crippen LogP contribution in [-0.4, -0.2) is 23.0 Å². The summed E-state index contributed by atoms with van der Waals surface area (Å²) in [6, 6.07) is 19.6. The van der Waals surface area contributed by atoms with Crippen molar-refractivity contribution in [3.63, 3.8) is 0 Å². The van der Waals surface area contributed by atoms with Gasteiger partial charge in [0.1, 0.15) is 0 Å². The summed E-state index contributed by atoms with van der Waals surface area (Å²) in [7, 11) is 0. The Kier molecular flexibility index (Phi) is 8.17. The maximum absolute atomic E-state index is 3.45. The van der Waals surface area contributed by atoms with Crippen LogP contribution in [0.3, 0.4) is 0 Å². The van der Waals surface area contributed by atoms with Crippen molar-refractivity contribution >= 4 is 10.9 Å². The molecule has 0 spiro atoms. The van der Waals surface area contributed by atoms with Crippen LogP contribution in [0.1, 0.15) is 57.1 Å². The van der Waals surface area contributed by atoms with E-state index in [1.54, 1.807) is 0 Å². The second-order valence-corrected chi connectivity index (χ2v) is 8.12. The van der Waals surface area contributed by atoms with Gasteiger partial charge in [0, 0.05) is 30.2 Å². The first-order valence-electron chi connectivity index (χ1n) is 11.1. The SMILES string of the molecule is CCCCCCN(Cc1ccccc1)CC(CC)Cc1c[nH]c2ccccc12. The molecule has 0 aliphatic rings. The van der Waals surface area contributed by atoms with Crippen molar-refractivity contribution in [2.24, 2.45) is 5.92 Å². The lowest BCUT2D eigenvalue weighted by atomic mass is 9.95. The van der Waals surface area contributed by atoms with Crippen LogP contribution >= 0.6 is 0 Å². The number of aromatic amines is 1. The van der Waals surface area contributed by atoms with E-state index in [9.17, 15) is 0 Å². The van der Waals surface area contributed by atoms with E-state index in [4.69, 9.17) is 0 Å². The quantitative estimate of drug-likeness (QED) is 0.344. The van der Waals surface area contributed by atoms with Crippen molar-refractivity contribution in [1.82, 2.24) is 9.88 Å². The molecule has 150 valence electrons. The highest BCUT2D eigenvalue weighted by molar-refractivity contribution is 5.83. The second kappa shape index (κ2) is 11.1. The molecule has 0 radical (unpaired) electrons. The van der Waals surface area contributed by atoms with E-state index in [2.05, 4.69) is 84.5 Å². The molecule has 0 saturated heterocycles. The number of rotatable bonds is 12. The lowest BCUT2D eigenvalue weighted by Crippen LogP contribution is -2.31. The van der Waals surface area contributed by atoms with E-state index in [1.165, 1.54) is 67.2 Å². The monoisotopic (exact) mass is 376 g/mol. The number of para-hydroxylation sites is 1. The predicted molar refractivity (Wildman–Crippen MR) is 122 cm³/mol. The molecule has 2 heteroatoms.